The molecule has 1 aromatic heterocycles. The minimum absolute atomic E-state index is 0.537. The van der Waals surface area contributed by atoms with E-state index in [-0.39, 0.29) is 0 Å². The summed E-state index contributed by atoms with van der Waals surface area (Å²) in [5.41, 5.74) is 1.42. The standard InChI is InChI=1S/C14H17N3S/c1-2-6-13-16-14(18-17-13)15-12-9-11(12)10-7-4-3-5-8-10/h3-5,7-8,11-12H,2,6,9H2,1H3,(H,15,16,17). The van der Waals surface area contributed by atoms with Crippen LogP contribution in [0, 0.1) is 0 Å². The predicted octanol–water partition coefficient (Wildman–Crippen LogP) is 3.46. The molecule has 0 aliphatic heterocycles. The Hall–Kier alpha value is -1.42. The molecule has 18 heavy (non-hydrogen) atoms. The van der Waals surface area contributed by atoms with Crippen molar-refractivity contribution >= 4 is 16.7 Å². The molecule has 3 nitrogen and oxygen atoms in total. The number of hydrogen-bond donors (Lipinski definition) is 1. The van der Waals surface area contributed by atoms with Crippen LogP contribution in [-0.4, -0.2) is 15.4 Å². The molecule has 1 fully saturated rings. The Labute approximate surface area is 111 Å². The molecule has 4 heteroatoms. The van der Waals surface area contributed by atoms with Gasteiger partial charge in [0.05, 0.1) is 0 Å². The Kier molecular flexibility index (Phi) is 3.28. The molecule has 1 heterocycles. The van der Waals surface area contributed by atoms with Crippen LogP contribution in [0.4, 0.5) is 5.13 Å². The van der Waals surface area contributed by atoms with Gasteiger partial charge in [-0.05, 0) is 18.4 Å². The van der Waals surface area contributed by atoms with Crippen LogP contribution in [0.25, 0.3) is 0 Å². The summed E-state index contributed by atoms with van der Waals surface area (Å²) in [7, 11) is 0. The molecular formula is C14H17N3S. The third kappa shape index (κ3) is 2.53. The Morgan fingerprint density at radius 3 is 2.94 bits per heavy atom. The van der Waals surface area contributed by atoms with Crippen molar-refractivity contribution in [1.29, 1.82) is 0 Å². The topological polar surface area (TPSA) is 37.8 Å². The zero-order valence-electron chi connectivity index (χ0n) is 10.5. The summed E-state index contributed by atoms with van der Waals surface area (Å²) in [4.78, 5) is 4.50. The molecule has 0 saturated heterocycles. The van der Waals surface area contributed by atoms with Crippen LogP contribution in [-0.2, 0) is 6.42 Å². The molecular weight excluding hydrogens is 242 g/mol. The number of nitrogens with zero attached hydrogens (tertiary/aromatic N) is 2. The summed E-state index contributed by atoms with van der Waals surface area (Å²) in [6, 6.07) is 11.2. The molecule has 0 bridgehead atoms. The van der Waals surface area contributed by atoms with E-state index in [9.17, 15) is 0 Å². The van der Waals surface area contributed by atoms with Gasteiger partial charge in [0.2, 0.25) is 5.13 Å². The van der Waals surface area contributed by atoms with Crippen molar-refractivity contribution in [2.75, 3.05) is 5.32 Å². The lowest BCUT2D eigenvalue weighted by molar-refractivity contribution is 0.860. The first-order valence-electron chi connectivity index (χ1n) is 6.51. The number of benzene rings is 1. The van der Waals surface area contributed by atoms with E-state index in [1.165, 1.54) is 23.5 Å². The van der Waals surface area contributed by atoms with Gasteiger partial charge in [0.25, 0.3) is 0 Å². The minimum atomic E-state index is 0.537. The summed E-state index contributed by atoms with van der Waals surface area (Å²) in [5, 5.41) is 4.46. The van der Waals surface area contributed by atoms with Crippen LogP contribution in [0.3, 0.4) is 0 Å². The highest BCUT2D eigenvalue weighted by Gasteiger charge is 2.38. The van der Waals surface area contributed by atoms with Gasteiger partial charge in [-0.15, -0.1) is 0 Å². The van der Waals surface area contributed by atoms with Crippen LogP contribution in [0.2, 0.25) is 0 Å². The van der Waals surface area contributed by atoms with E-state index in [1.54, 1.807) is 0 Å². The Morgan fingerprint density at radius 1 is 1.33 bits per heavy atom. The first-order chi connectivity index (χ1) is 8.86. The van der Waals surface area contributed by atoms with E-state index in [1.807, 2.05) is 0 Å². The predicted molar refractivity (Wildman–Crippen MR) is 75.1 cm³/mol. The Morgan fingerprint density at radius 2 is 2.17 bits per heavy atom. The van der Waals surface area contributed by atoms with E-state index in [4.69, 9.17) is 0 Å². The lowest BCUT2D eigenvalue weighted by Crippen LogP contribution is -2.03. The summed E-state index contributed by atoms with van der Waals surface area (Å²) >= 11 is 1.48. The van der Waals surface area contributed by atoms with Crippen molar-refractivity contribution in [2.45, 2.75) is 38.1 Å². The normalized spacial score (nSPS) is 21.8. The van der Waals surface area contributed by atoms with E-state index in [0.29, 0.717) is 12.0 Å². The molecule has 1 aliphatic rings. The summed E-state index contributed by atoms with van der Waals surface area (Å²) < 4.78 is 4.35. The highest BCUT2D eigenvalue weighted by Crippen LogP contribution is 2.42. The monoisotopic (exact) mass is 259 g/mol. The fourth-order valence-corrected chi connectivity index (χ4v) is 2.89. The fourth-order valence-electron chi connectivity index (χ4n) is 2.22. The maximum absolute atomic E-state index is 4.50. The van der Waals surface area contributed by atoms with Gasteiger partial charge in [-0.2, -0.15) is 4.37 Å². The van der Waals surface area contributed by atoms with E-state index < -0.39 is 0 Å². The molecule has 1 aliphatic carbocycles. The fraction of sp³-hybridized carbons (Fsp3) is 0.429. The maximum Gasteiger partial charge on any atom is 0.202 e. The van der Waals surface area contributed by atoms with Crippen molar-refractivity contribution in [3.8, 4) is 0 Å². The van der Waals surface area contributed by atoms with Gasteiger partial charge < -0.3 is 5.32 Å². The minimum Gasteiger partial charge on any atom is -0.357 e. The second kappa shape index (κ2) is 5.06. The van der Waals surface area contributed by atoms with Gasteiger partial charge in [-0.25, -0.2) is 4.98 Å². The smallest absolute Gasteiger partial charge is 0.202 e. The molecule has 2 atom stereocenters. The van der Waals surface area contributed by atoms with Crippen molar-refractivity contribution in [1.82, 2.24) is 9.36 Å². The van der Waals surface area contributed by atoms with E-state index in [0.717, 1.165) is 23.8 Å². The molecule has 3 rings (SSSR count). The summed E-state index contributed by atoms with van der Waals surface area (Å²) in [6.45, 7) is 2.15. The van der Waals surface area contributed by atoms with Crippen LogP contribution in [0.5, 0.6) is 0 Å². The third-order valence-electron chi connectivity index (χ3n) is 3.27. The molecule has 0 radical (unpaired) electrons. The highest BCUT2D eigenvalue weighted by atomic mass is 32.1. The largest absolute Gasteiger partial charge is 0.357 e. The van der Waals surface area contributed by atoms with Gasteiger partial charge in [-0.1, -0.05) is 37.3 Å². The van der Waals surface area contributed by atoms with Gasteiger partial charge in [0.1, 0.15) is 5.82 Å². The molecule has 0 amide bonds. The number of anilines is 1. The van der Waals surface area contributed by atoms with Crippen LogP contribution in [0.15, 0.2) is 30.3 Å². The number of nitrogens with one attached hydrogen (secondary N) is 1. The van der Waals surface area contributed by atoms with Crippen molar-refractivity contribution in [2.24, 2.45) is 0 Å². The van der Waals surface area contributed by atoms with Crippen LogP contribution < -0.4 is 5.32 Å². The average Bonchev–Trinajstić information content (AvgIpc) is 3.02. The van der Waals surface area contributed by atoms with Gasteiger partial charge >= 0.3 is 0 Å². The van der Waals surface area contributed by atoms with E-state index >= 15 is 0 Å². The Balaban J connectivity index is 1.59. The van der Waals surface area contributed by atoms with Crippen LogP contribution >= 0.6 is 11.5 Å². The summed E-state index contributed by atoms with van der Waals surface area (Å²) in [6.07, 6.45) is 3.28. The quantitative estimate of drug-likeness (QED) is 0.893. The first kappa shape index (κ1) is 11.7. The maximum atomic E-state index is 4.50. The molecule has 94 valence electrons. The molecule has 2 aromatic rings. The molecule has 1 aromatic carbocycles. The van der Waals surface area contributed by atoms with E-state index in [2.05, 4.69) is 51.9 Å². The summed E-state index contributed by atoms with van der Waals surface area (Å²) in [5.74, 6) is 1.62. The third-order valence-corrected chi connectivity index (χ3v) is 3.95. The average molecular weight is 259 g/mol. The number of rotatable bonds is 5. The second-order valence-corrected chi connectivity index (χ2v) is 5.52. The SMILES string of the molecule is CCCc1nsc(NC2CC2c2ccccc2)n1. The first-order valence-corrected chi connectivity index (χ1v) is 7.28. The lowest BCUT2D eigenvalue weighted by Gasteiger charge is -2.01. The van der Waals surface area contributed by atoms with Gasteiger partial charge in [-0.3, -0.25) is 0 Å². The zero-order chi connectivity index (χ0) is 12.4. The number of aromatic nitrogens is 2. The van der Waals surface area contributed by atoms with Crippen molar-refractivity contribution in [3.63, 3.8) is 0 Å². The second-order valence-electron chi connectivity index (χ2n) is 4.77. The Bertz CT molecular complexity index is 509. The zero-order valence-corrected chi connectivity index (χ0v) is 11.3. The molecule has 0 spiro atoms. The number of hydrogen-bond acceptors (Lipinski definition) is 4. The van der Waals surface area contributed by atoms with Crippen molar-refractivity contribution < 1.29 is 0 Å². The van der Waals surface area contributed by atoms with Crippen molar-refractivity contribution in [3.05, 3.63) is 41.7 Å². The molecule has 1 N–H and O–H groups in total. The lowest BCUT2D eigenvalue weighted by atomic mass is 10.1. The van der Waals surface area contributed by atoms with Gasteiger partial charge in [0, 0.05) is 29.9 Å². The molecule has 2 unspecified atom stereocenters. The molecule has 1 saturated carbocycles. The highest BCUT2D eigenvalue weighted by molar-refractivity contribution is 7.09. The van der Waals surface area contributed by atoms with Crippen LogP contribution in [0.1, 0.15) is 37.1 Å². The van der Waals surface area contributed by atoms with Gasteiger partial charge in [0.15, 0.2) is 0 Å². The number of aryl methyl sites for hydroxylation is 1.